The van der Waals surface area contributed by atoms with Crippen LogP contribution in [0.3, 0.4) is 0 Å². The quantitative estimate of drug-likeness (QED) is 0.404. The molecule has 2 N–H and O–H groups in total. The van der Waals surface area contributed by atoms with Gasteiger partial charge >= 0.3 is 48.9 Å². The van der Waals surface area contributed by atoms with E-state index in [1.54, 1.807) is 0 Å². The van der Waals surface area contributed by atoms with E-state index in [2.05, 4.69) is 0 Å². The molecule has 0 aliphatic rings. The van der Waals surface area contributed by atoms with Crippen molar-refractivity contribution in [2.45, 2.75) is 12.5 Å². The van der Waals surface area contributed by atoms with Crippen LogP contribution in [0.5, 0.6) is 0 Å². The van der Waals surface area contributed by atoms with Crippen LogP contribution < -0.4 is 9.79 Å². The SMILES string of the molecule is O=C(CCP(=O)([O-])[O-])[C@H](O)CO.[Ba+2]. The van der Waals surface area contributed by atoms with Gasteiger partial charge < -0.3 is 24.6 Å². The summed E-state index contributed by atoms with van der Waals surface area (Å²) in [5, 5.41) is 16.9. The number of hydrogen-bond donors (Lipinski definition) is 2. The summed E-state index contributed by atoms with van der Waals surface area (Å²) in [6.45, 7) is -0.763. The number of carbonyl (C=O) groups is 1. The zero-order valence-electron chi connectivity index (χ0n) is 6.88. The van der Waals surface area contributed by atoms with Gasteiger partial charge in [-0.1, -0.05) is 7.60 Å². The molecule has 0 aliphatic carbocycles. The molecule has 0 amide bonds. The number of ketones is 1. The van der Waals surface area contributed by atoms with E-state index < -0.39 is 38.7 Å². The van der Waals surface area contributed by atoms with Crippen molar-refractivity contribution in [3.8, 4) is 0 Å². The first-order valence-electron chi connectivity index (χ1n) is 3.19. The molecule has 8 heteroatoms. The van der Waals surface area contributed by atoms with Gasteiger partial charge in [-0.05, 0) is 6.16 Å². The Balaban J connectivity index is 0. The summed E-state index contributed by atoms with van der Waals surface area (Å²) in [6, 6.07) is 0. The Morgan fingerprint density at radius 3 is 2.23 bits per heavy atom. The van der Waals surface area contributed by atoms with Gasteiger partial charge in [-0.15, -0.1) is 0 Å². The zero-order chi connectivity index (χ0) is 9.78. The summed E-state index contributed by atoms with van der Waals surface area (Å²) in [5.74, 6) is -0.843. The van der Waals surface area contributed by atoms with Gasteiger partial charge in [0.15, 0.2) is 5.78 Å². The van der Waals surface area contributed by atoms with E-state index in [9.17, 15) is 19.1 Å². The Morgan fingerprint density at radius 2 is 1.92 bits per heavy atom. The van der Waals surface area contributed by atoms with Gasteiger partial charge in [0.2, 0.25) is 0 Å². The van der Waals surface area contributed by atoms with E-state index in [1.807, 2.05) is 0 Å². The second kappa shape index (κ2) is 7.58. The van der Waals surface area contributed by atoms with Crippen molar-refractivity contribution < 1.29 is 29.4 Å². The molecule has 0 bridgehead atoms. The average molecular weight is 333 g/mol. The smallest absolute Gasteiger partial charge is 0.811 e. The van der Waals surface area contributed by atoms with E-state index in [1.165, 1.54) is 0 Å². The molecule has 0 aromatic rings. The Bertz CT molecular complexity index is 201. The molecule has 0 rings (SSSR count). The summed E-state index contributed by atoms with van der Waals surface area (Å²) in [4.78, 5) is 30.7. The second-order valence-electron chi connectivity index (χ2n) is 2.25. The fraction of sp³-hybridized carbons (Fsp3) is 0.800. The van der Waals surface area contributed by atoms with E-state index >= 15 is 0 Å². The number of rotatable bonds is 5. The molecule has 0 aromatic carbocycles. The van der Waals surface area contributed by atoms with Crippen LogP contribution in [0.2, 0.25) is 0 Å². The number of carbonyl (C=O) groups excluding carboxylic acids is 1. The molecule has 0 unspecified atom stereocenters. The molecule has 72 valence electrons. The first-order chi connectivity index (χ1) is 5.37. The topological polar surface area (TPSA) is 121 Å². The van der Waals surface area contributed by atoms with Crippen LogP contribution in [0.25, 0.3) is 0 Å². The van der Waals surface area contributed by atoms with Crippen molar-refractivity contribution in [3.05, 3.63) is 0 Å². The van der Waals surface area contributed by atoms with Crippen LogP contribution in [0, 0.1) is 0 Å². The fourth-order valence-corrected chi connectivity index (χ4v) is 1.01. The van der Waals surface area contributed by atoms with Crippen LogP contribution in [0.4, 0.5) is 0 Å². The van der Waals surface area contributed by atoms with E-state index in [0.717, 1.165) is 0 Å². The Hall–Kier alpha value is 1.31. The van der Waals surface area contributed by atoms with Crippen molar-refractivity contribution in [1.82, 2.24) is 0 Å². The molecule has 0 aromatic heterocycles. The van der Waals surface area contributed by atoms with Gasteiger partial charge in [-0.3, -0.25) is 4.79 Å². The van der Waals surface area contributed by atoms with Gasteiger partial charge in [0.05, 0.1) is 6.61 Å². The number of hydrogen-bond acceptors (Lipinski definition) is 6. The molecule has 0 saturated heterocycles. The number of Topliss-reactive ketones (excluding diaryl/α,β-unsaturated/α-hetero) is 1. The molecule has 0 fully saturated rings. The summed E-state index contributed by atoms with van der Waals surface area (Å²) in [5.41, 5.74) is 0. The monoisotopic (exact) mass is 334 g/mol. The van der Waals surface area contributed by atoms with Gasteiger partial charge in [-0.2, -0.15) is 0 Å². The average Bonchev–Trinajstić information content (AvgIpc) is 1.97. The molecule has 0 spiro atoms. The minimum absolute atomic E-state index is 0. The van der Waals surface area contributed by atoms with Crippen molar-refractivity contribution >= 4 is 62.3 Å². The third kappa shape index (κ3) is 9.61. The van der Waals surface area contributed by atoms with Gasteiger partial charge in [0.1, 0.15) is 6.10 Å². The maximum Gasteiger partial charge on any atom is 2.00 e. The van der Waals surface area contributed by atoms with E-state index in [4.69, 9.17) is 10.2 Å². The first kappa shape index (κ1) is 16.7. The second-order valence-corrected chi connectivity index (χ2v) is 3.92. The van der Waals surface area contributed by atoms with E-state index in [0.29, 0.717) is 0 Å². The summed E-state index contributed by atoms with van der Waals surface area (Å²) in [6.07, 6.45) is -2.95. The minimum Gasteiger partial charge on any atom is -0.811 e. The molecule has 0 radical (unpaired) electrons. The van der Waals surface area contributed by atoms with Crippen LogP contribution in [-0.4, -0.2) is 83.8 Å². The third-order valence-electron chi connectivity index (χ3n) is 1.18. The molecule has 1 atom stereocenters. The van der Waals surface area contributed by atoms with Crippen LogP contribution in [0.1, 0.15) is 6.42 Å². The molecule has 0 saturated carbocycles. The predicted molar refractivity (Wildman–Crippen MR) is 40.9 cm³/mol. The number of aliphatic hydroxyl groups is 2. The minimum atomic E-state index is -4.68. The van der Waals surface area contributed by atoms with Crippen molar-refractivity contribution in [1.29, 1.82) is 0 Å². The molecular formula is C5H9BaO6P. The molecule has 13 heavy (non-hydrogen) atoms. The van der Waals surface area contributed by atoms with Crippen LogP contribution in [-0.2, 0) is 9.36 Å². The predicted octanol–water partition coefficient (Wildman–Crippen LogP) is -3.17. The van der Waals surface area contributed by atoms with Crippen LogP contribution >= 0.6 is 7.60 Å². The zero-order valence-corrected chi connectivity index (χ0v) is 12.2. The molecule has 0 aliphatic heterocycles. The third-order valence-corrected chi connectivity index (χ3v) is 1.95. The van der Waals surface area contributed by atoms with Crippen molar-refractivity contribution in [2.24, 2.45) is 0 Å². The molecular weight excluding hydrogens is 324 g/mol. The Morgan fingerprint density at radius 1 is 1.46 bits per heavy atom. The van der Waals surface area contributed by atoms with Crippen molar-refractivity contribution in [2.75, 3.05) is 12.8 Å². The number of aliphatic hydroxyl groups excluding tert-OH is 2. The van der Waals surface area contributed by atoms with Gasteiger partial charge in [0, 0.05) is 6.42 Å². The summed E-state index contributed by atoms with van der Waals surface area (Å²) in [7, 11) is -4.68. The fourth-order valence-electron chi connectivity index (χ4n) is 0.516. The normalized spacial score (nSPS) is 13.2. The Kier molecular flexibility index (Phi) is 9.76. The van der Waals surface area contributed by atoms with E-state index in [-0.39, 0.29) is 48.9 Å². The first-order valence-corrected chi connectivity index (χ1v) is 4.92. The largest absolute Gasteiger partial charge is 2.00 e. The Labute approximate surface area is 116 Å². The van der Waals surface area contributed by atoms with Gasteiger partial charge in [-0.25, -0.2) is 0 Å². The van der Waals surface area contributed by atoms with Gasteiger partial charge in [0.25, 0.3) is 0 Å². The summed E-state index contributed by atoms with van der Waals surface area (Å²) < 4.78 is 10.0. The van der Waals surface area contributed by atoms with Crippen LogP contribution in [0.15, 0.2) is 0 Å². The standard InChI is InChI=1S/C5H11O6P.Ba/c6-3-5(8)4(7)1-2-12(9,10)11;/h5-6,8H,1-3H2,(H2,9,10,11);/q;+2/p-2/t5-;/m1./s1. The maximum absolute atomic E-state index is 10.6. The maximum atomic E-state index is 10.6. The van der Waals surface area contributed by atoms with Crippen molar-refractivity contribution in [3.63, 3.8) is 0 Å². The molecule has 6 nitrogen and oxygen atoms in total. The molecule has 0 heterocycles. The summed E-state index contributed by atoms with van der Waals surface area (Å²) >= 11 is 0.